The van der Waals surface area contributed by atoms with Crippen LogP contribution in [0.1, 0.15) is 51.5 Å². The van der Waals surface area contributed by atoms with Gasteiger partial charge in [0.1, 0.15) is 0 Å². The van der Waals surface area contributed by atoms with Crippen molar-refractivity contribution in [3.05, 3.63) is 48.0 Å². The van der Waals surface area contributed by atoms with Crippen LogP contribution in [0.2, 0.25) is 0 Å². The molecule has 2 aromatic rings. The van der Waals surface area contributed by atoms with E-state index in [-0.39, 0.29) is 5.25 Å². The van der Waals surface area contributed by atoms with Gasteiger partial charge < -0.3 is 19.3 Å². The highest BCUT2D eigenvalue weighted by molar-refractivity contribution is 7.91. The van der Waals surface area contributed by atoms with Crippen molar-refractivity contribution >= 4 is 21.2 Å². The number of nitrogens with zero attached hydrogens (tertiary/aromatic N) is 2. The van der Waals surface area contributed by atoms with Crippen LogP contribution in [0.5, 0.6) is 11.5 Å². The smallest absolute Gasteiger partial charge is 0.162 e. The highest BCUT2D eigenvalue weighted by Crippen LogP contribution is 2.32. The van der Waals surface area contributed by atoms with Crippen LogP contribution in [0.25, 0.3) is 0 Å². The van der Waals surface area contributed by atoms with E-state index in [9.17, 15) is 8.42 Å². The Kier molecular flexibility index (Phi) is 10.1. The van der Waals surface area contributed by atoms with Gasteiger partial charge in [-0.25, -0.2) is 8.42 Å². The van der Waals surface area contributed by atoms with Crippen LogP contribution < -0.4 is 19.3 Å². The average molecular weight is 503 g/mol. The number of ether oxygens (including phenoxy) is 2. The average Bonchev–Trinajstić information content (AvgIpc) is 2.88. The Hall–Kier alpha value is -2.41. The molecular weight excluding hydrogens is 460 g/mol. The molecular formula is C28H42N2O4S. The summed E-state index contributed by atoms with van der Waals surface area (Å²) in [5.74, 6) is 1.85. The van der Waals surface area contributed by atoms with Crippen LogP contribution in [0.15, 0.2) is 42.5 Å². The van der Waals surface area contributed by atoms with Crippen molar-refractivity contribution in [3.8, 4) is 11.5 Å². The van der Waals surface area contributed by atoms with Gasteiger partial charge in [0, 0.05) is 43.6 Å². The molecule has 0 amide bonds. The predicted octanol–water partition coefficient (Wildman–Crippen LogP) is 5.35. The first-order valence-corrected chi connectivity index (χ1v) is 14.6. The molecule has 35 heavy (non-hydrogen) atoms. The predicted molar refractivity (Wildman–Crippen MR) is 146 cm³/mol. The quantitative estimate of drug-likeness (QED) is 0.344. The van der Waals surface area contributed by atoms with Crippen LogP contribution in [-0.2, 0) is 16.3 Å². The molecule has 0 spiro atoms. The van der Waals surface area contributed by atoms with E-state index < -0.39 is 9.84 Å². The van der Waals surface area contributed by atoms with Crippen LogP contribution in [0.4, 0.5) is 11.4 Å². The van der Waals surface area contributed by atoms with Crippen molar-refractivity contribution in [2.75, 3.05) is 56.0 Å². The van der Waals surface area contributed by atoms with Gasteiger partial charge in [0.15, 0.2) is 21.3 Å². The van der Waals surface area contributed by atoms with Gasteiger partial charge in [0.25, 0.3) is 0 Å². The first-order chi connectivity index (χ1) is 16.8. The number of unbranched alkanes of at least 4 members (excludes halogenated alkanes) is 4. The second-order valence-corrected chi connectivity index (χ2v) is 12.3. The Bertz CT molecular complexity index is 1010. The summed E-state index contributed by atoms with van der Waals surface area (Å²) in [5, 5.41) is -0.257. The van der Waals surface area contributed by atoms with Gasteiger partial charge in [-0.2, -0.15) is 0 Å². The Morgan fingerprint density at radius 3 is 1.89 bits per heavy atom. The summed E-state index contributed by atoms with van der Waals surface area (Å²) < 4.78 is 34.5. The van der Waals surface area contributed by atoms with E-state index in [4.69, 9.17) is 9.47 Å². The number of sulfone groups is 1. The zero-order chi connectivity index (χ0) is 25.3. The maximum atomic E-state index is 11.9. The summed E-state index contributed by atoms with van der Waals surface area (Å²) in [4.78, 5) is 4.84. The zero-order valence-electron chi connectivity index (χ0n) is 21.8. The lowest BCUT2D eigenvalue weighted by Crippen LogP contribution is -2.46. The fourth-order valence-corrected chi connectivity index (χ4v) is 5.59. The molecule has 6 nitrogen and oxygen atoms in total. The van der Waals surface area contributed by atoms with Gasteiger partial charge in [0.05, 0.1) is 25.2 Å². The number of hydrogen-bond donors (Lipinski definition) is 0. The van der Waals surface area contributed by atoms with Crippen molar-refractivity contribution in [1.82, 2.24) is 0 Å². The lowest BCUT2D eigenvalue weighted by molar-refractivity contribution is 0.355. The number of rotatable bonds is 13. The largest absolute Gasteiger partial charge is 0.493 e. The molecule has 1 heterocycles. The van der Waals surface area contributed by atoms with E-state index in [1.807, 2.05) is 6.07 Å². The second kappa shape index (κ2) is 13.1. The molecule has 0 unspecified atom stereocenters. The Labute approximate surface area is 212 Å². The van der Waals surface area contributed by atoms with Crippen LogP contribution >= 0.6 is 0 Å². The van der Waals surface area contributed by atoms with Gasteiger partial charge >= 0.3 is 0 Å². The number of benzene rings is 2. The van der Waals surface area contributed by atoms with E-state index in [0.29, 0.717) is 5.75 Å². The highest BCUT2D eigenvalue weighted by Gasteiger charge is 2.19. The number of hydrogen-bond acceptors (Lipinski definition) is 6. The van der Waals surface area contributed by atoms with Crippen LogP contribution in [0.3, 0.4) is 0 Å². The molecule has 1 saturated heterocycles. The first kappa shape index (κ1) is 27.2. The molecule has 7 heteroatoms. The van der Waals surface area contributed by atoms with Crippen molar-refractivity contribution < 1.29 is 17.9 Å². The van der Waals surface area contributed by atoms with Crippen molar-refractivity contribution in [2.45, 2.75) is 57.6 Å². The third-order valence-electron chi connectivity index (χ3n) is 6.93. The molecule has 0 saturated carbocycles. The minimum absolute atomic E-state index is 0.257. The Morgan fingerprint density at radius 1 is 0.743 bits per heavy atom. The van der Waals surface area contributed by atoms with Crippen molar-refractivity contribution in [1.29, 1.82) is 0 Å². The maximum Gasteiger partial charge on any atom is 0.162 e. The summed E-state index contributed by atoms with van der Waals surface area (Å²) in [7, 11) is 0.447. The molecule has 1 aliphatic rings. The molecule has 2 aromatic carbocycles. The summed E-state index contributed by atoms with van der Waals surface area (Å²) in [5.41, 5.74) is 3.83. The molecule has 1 fully saturated rings. The molecule has 0 N–H and O–H groups in total. The number of anilines is 2. The molecule has 0 radical (unpaired) electrons. The monoisotopic (exact) mass is 502 g/mol. The third-order valence-corrected chi connectivity index (χ3v) is 9.22. The minimum atomic E-state index is -2.89. The zero-order valence-corrected chi connectivity index (χ0v) is 22.6. The summed E-state index contributed by atoms with van der Waals surface area (Å²) in [6.45, 7) is 7.44. The fourth-order valence-electron chi connectivity index (χ4n) is 4.52. The van der Waals surface area contributed by atoms with Gasteiger partial charge in [-0.1, -0.05) is 31.4 Å². The maximum absolute atomic E-state index is 11.9. The normalized spacial score (nSPS) is 14.4. The SMILES string of the molecule is COc1ccc(N2CCN(c3ccc(CCCCCCCS(=O)(=O)C(C)C)cc3)CC2)cc1OC. The topological polar surface area (TPSA) is 59.1 Å². The van der Waals surface area contributed by atoms with E-state index in [1.54, 1.807) is 28.1 Å². The molecule has 1 aliphatic heterocycles. The van der Waals surface area contributed by atoms with Gasteiger partial charge in [-0.15, -0.1) is 0 Å². The minimum Gasteiger partial charge on any atom is -0.493 e. The molecule has 0 bridgehead atoms. The van der Waals surface area contributed by atoms with Crippen molar-refractivity contribution in [3.63, 3.8) is 0 Å². The highest BCUT2D eigenvalue weighted by atomic mass is 32.2. The summed E-state index contributed by atoms with van der Waals surface area (Å²) in [6.07, 6.45) is 6.28. The van der Waals surface area contributed by atoms with Crippen molar-refractivity contribution in [2.24, 2.45) is 0 Å². The Morgan fingerprint density at radius 2 is 1.29 bits per heavy atom. The second-order valence-electron chi connectivity index (χ2n) is 9.61. The number of piperazine rings is 1. The van der Waals surface area contributed by atoms with E-state index >= 15 is 0 Å². The lowest BCUT2D eigenvalue weighted by atomic mass is 10.0. The van der Waals surface area contributed by atoms with Gasteiger partial charge in [-0.05, 0) is 62.9 Å². The standard InChI is InChI=1S/C28H42N2O4S/c1-23(2)35(31,32)21-9-7-5-6-8-10-24-11-13-25(14-12-24)29-17-19-30(20-18-29)26-15-16-27(33-3)28(22-26)34-4/h11-16,22-23H,5-10,17-21H2,1-4H3. The fraction of sp³-hybridized carbons (Fsp3) is 0.571. The lowest BCUT2D eigenvalue weighted by Gasteiger charge is -2.37. The number of methoxy groups -OCH3 is 2. The van der Waals surface area contributed by atoms with Gasteiger partial charge in [0.2, 0.25) is 0 Å². The molecule has 194 valence electrons. The molecule has 0 aromatic heterocycles. The van der Waals surface area contributed by atoms with Crippen LogP contribution in [-0.4, -0.2) is 59.8 Å². The first-order valence-electron chi connectivity index (χ1n) is 12.9. The summed E-state index contributed by atoms with van der Waals surface area (Å²) in [6, 6.07) is 15.1. The van der Waals surface area contributed by atoms with E-state index in [0.717, 1.165) is 76.2 Å². The van der Waals surface area contributed by atoms with E-state index in [2.05, 4.69) is 46.2 Å². The Balaban J connectivity index is 1.38. The third kappa shape index (κ3) is 7.79. The van der Waals surface area contributed by atoms with E-state index in [1.165, 1.54) is 16.9 Å². The number of aryl methyl sites for hydroxylation is 1. The summed E-state index contributed by atoms with van der Waals surface area (Å²) >= 11 is 0. The molecule has 0 atom stereocenters. The molecule has 0 aliphatic carbocycles. The molecule has 3 rings (SSSR count). The van der Waals surface area contributed by atoms with Crippen LogP contribution in [0, 0.1) is 0 Å². The van der Waals surface area contributed by atoms with Gasteiger partial charge in [-0.3, -0.25) is 0 Å².